The molecule has 6 rings (SSSR count). The molecule has 36 heavy (non-hydrogen) atoms. The van der Waals surface area contributed by atoms with Crippen molar-refractivity contribution in [3.8, 4) is 0 Å². The maximum atomic E-state index is 14.1. The number of nitrogens with one attached hydrogen (secondary N) is 1. The van der Waals surface area contributed by atoms with Gasteiger partial charge in [0.2, 0.25) is 0 Å². The number of H-pyrrole nitrogens is 1. The van der Waals surface area contributed by atoms with Gasteiger partial charge in [0, 0.05) is 28.9 Å². The molecule has 0 bridgehead atoms. The summed E-state index contributed by atoms with van der Waals surface area (Å²) < 4.78 is 0. The van der Waals surface area contributed by atoms with E-state index in [0.717, 1.165) is 34.1 Å². The van der Waals surface area contributed by atoms with E-state index in [0.29, 0.717) is 17.8 Å². The minimum atomic E-state index is -1.18. The van der Waals surface area contributed by atoms with Gasteiger partial charge in [-0.25, -0.2) is 9.69 Å². The van der Waals surface area contributed by atoms with E-state index in [1.54, 1.807) is 29.2 Å². The van der Waals surface area contributed by atoms with Crippen LogP contribution in [0, 0.1) is 0 Å². The van der Waals surface area contributed by atoms with Gasteiger partial charge in [-0.15, -0.1) is 0 Å². The van der Waals surface area contributed by atoms with Gasteiger partial charge in [0.15, 0.2) is 11.3 Å². The molecule has 2 aliphatic rings. The Morgan fingerprint density at radius 3 is 2.50 bits per heavy atom. The number of benzene rings is 3. The van der Waals surface area contributed by atoms with Gasteiger partial charge >= 0.3 is 6.03 Å². The van der Waals surface area contributed by atoms with Crippen molar-refractivity contribution in [2.24, 2.45) is 0 Å². The number of anilines is 1. The predicted molar refractivity (Wildman–Crippen MR) is 139 cm³/mol. The standard InChI is InChI=1S/C30H27N3O3/c1-4-19-12-14-20(15-13-19)24-17-32-29(36)33(22-9-7-8-21(16-22)18(2)34)28(35)30(32,3)27-26(24)23-10-5-6-11-25(23)31-27/h5-16,24,31H,4,17H2,1-3H3. The summed E-state index contributed by atoms with van der Waals surface area (Å²) in [4.78, 5) is 46.4. The minimum absolute atomic E-state index is 0.0876. The van der Waals surface area contributed by atoms with Crippen LogP contribution in [0.1, 0.15) is 59.4 Å². The van der Waals surface area contributed by atoms with Crippen LogP contribution in [0.3, 0.4) is 0 Å². The van der Waals surface area contributed by atoms with Crippen molar-refractivity contribution in [2.45, 2.75) is 38.6 Å². The van der Waals surface area contributed by atoms with Crippen LogP contribution in [-0.4, -0.2) is 34.2 Å². The molecular weight excluding hydrogens is 450 g/mol. The third kappa shape index (κ3) is 3.00. The van der Waals surface area contributed by atoms with Crippen LogP contribution < -0.4 is 4.90 Å². The fraction of sp³-hybridized carbons (Fsp3) is 0.233. The quantitative estimate of drug-likeness (QED) is 0.300. The number of aryl methyl sites for hydroxylation is 1. The van der Waals surface area contributed by atoms with Gasteiger partial charge in [-0.1, -0.05) is 61.5 Å². The lowest BCUT2D eigenvalue weighted by atomic mass is 9.78. The lowest BCUT2D eigenvalue weighted by molar-refractivity contribution is -0.125. The molecule has 2 unspecified atom stereocenters. The highest BCUT2D eigenvalue weighted by molar-refractivity contribution is 6.24. The van der Waals surface area contributed by atoms with Gasteiger partial charge in [0.05, 0.1) is 11.4 Å². The number of Topliss-reactive ketones (excluding diaryl/α,β-unsaturated/α-hetero) is 1. The third-order valence-electron chi connectivity index (χ3n) is 7.83. The Bertz CT molecular complexity index is 1550. The zero-order valence-corrected chi connectivity index (χ0v) is 20.5. The molecule has 3 heterocycles. The Balaban J connectivity index is 1.54. The van der Waals surface area contributed by atoms with Crippen molar-refractivity contribution in [3.05, 3.63) is 101 Å². The van der Waals surface area contributed by atoms with Crippen molar-refractivity contribution < 1.29 is 14.4 Å². The SMILES string of the molecule is CCc1ccc(C2CN3C(=O)N(c4cccc(C(C)=O)c4)C(=O)C3(C)c3[nH]c4ccccc4c32)cc1. The van der Waals surface area contributed by atoms with E-state index in [2.05, 4.69) is 42.2 Å². The third-order valence-corrected chi connectivity index (χ3v) is 7.83. The smallest absolute Gasteiger partial charge is 0.332 e. The number of hydrogen-bond donors (Lipinski definition) is 1. The van der Waals surface area contributed by atoms with E-state index in [4.69, 9.17) is 0 Å². The number of hydrogen-bond acceptors (Lipinski definition) is 3. The number of carbonyl (C=O) groups is 3. The van der Waals surface area contributed by atoms with Crippen LogP contribution in [0.2, 0.25) is 0 Å². The number of para-hydroxylation sites is 1. The number of fused-ring (bicyclic) bond motifs is 5. The molecule has 2 aliphatic heterocycles. The summed E-state index contributed by atoms with van der Waals surface area (Å²) in [6, 6.07) is 22.9. The largest absolute Gasteiger partial charge is 0.356 e. The van der Waals surface area contributed by atoms with Crippen molar-refractivity contribution in [1.82, 2.24) is 9.88 Å². The molecule has 1 saturated heterocycles. The van der Waals surface area contributed by atoms with Crippen LogP contribution in [-0.2, 0) is 16.8 Å². The second kappa shape index (κ2) is 7.92. The van der Waals surface area contributed by atoms with Crippen molar-refractivity contribution >= 4 is 34.3 Å². The Kier molecular flexibility index (Phi) is 4.90. The fourth-order valence-corrected chi connectivity index (χ4v) is 5.77. The topological polar surface area (TPSA) is 73.5 Å². The molecule has 0 saturated carbocycles. The predicted octanol–water partition coefficient (Wildman–Crippen LogP) is 5.76. The monoisotopic (exact) mass is 477 g/mol. The number of nitrogens with zero attached hydrogens (tertiary/aromatic N) is 2. The van der Waals surface area contributed by atoms with E-state index in [-0.39, 0.29) is 23.6 Å². The van der Waals surface area contributed by atoms with Crippen molar-refractivity contribution in [2.75, 3.05) is 11.4 Å². The summed E-state index contributed by atoms with van der Waals surface area (Å²) in [5.41, 5.74) is 4.81. The molecule has 3 aromatic carbocycles. The summed E-state index contributed by atoms with van der Waals surface area (Å²) in [5.74, 6) is -0.524. The maximum Gasteiger partial charge on any atom is 0.332 e. The highest BCUT2D eigenvalue weighted by atomic mass is 16.2. The second-order valence-electron chi connectivity index (χ2n) is 9.82. The second-order valence-corrected chi connectivity index (χ2v) is 9.82. The number of imide groups is 1. The number of aromatic nitrogens is 1. The van der Waals surface area contributed by atoms with E-state index in [1.807, 2.05) is 25.1 Å². The molecular formula is C30H27N3O3. The van der Waals surface area contributed by atoms with Crippen LogP contribution in [0.15, 0.2) is 72.8 Å². The molecule has 1 N–H and O–H groups in total. The number of carbonyl (C=O) groups excluding carboxylic acids is 3. The van der Waals surface area contributed by atoms with Crippen molar-refractivity contribution in [3.63, 3.8) is 0 Å². The molecule has 0 aliphatic carbocycles. The summed E-state index contributed by atoms with van der Waals surface area (Å²) in [5, 5.41) is 1.07. The van der Waals surface area contributed by atoms with Crippen molar-refractivity contribution in [1.29, 1.82) is 0 Å². The number of amides is 3. The summed E-state index contributed by atoms with van der Waals surface area (Å²) in [6.07, 6.45) is 0.953. The van der Waals surface area contributed by atoms with Gasteiger partial charge in [-0.2, -0.15) is 0 Å². The Labute approximate surface area is 209 Å². The van der Waals surface area contributed by atoms with Gasteiger partial charge in [-0.3, -0.25) is 9.59 Å². The summed E-state index contributed by atoms with van der Waals surface area (Å²) in [6.45, 7) is 5.81. The Morgan fingerprint density at radius 2 is 1.78 bits per heavy atom. The number of ketones is 1. The van der Waals surface area contributed by atoms with Gasteiger partial charge in [0.25, 0.3) is 5.91 Å². The normalized spacial score (nSPS) is 21.1. The first-order valence-corrected chi connectivity index (χ1v) is 12.3. The zero-order valence-electron chi connectivity index (χ0n) is 20.5. The van der Waals surface area contributed by atoms with Gasteiger partial charge in [-0.05, 0) is 55.2 Å². The lowest BCUT2D eigenvalue weighted by Gasteiger charge is -2.40. The number of urea groups is 1. The molecule has 3 amide bonds. The van der Waals surface area contributed by atoms with E-state index in [1.165, 1.54) is 17.4 Å². The van der Waals surface area contributed by atoms with Gasteiger partial charge < -0.3 is 9.88 Å². The van der Waals surface area contributed by atoms with E-state index in [9.17, 15) is 14.4 Å². The number of aromatic amines is 1. The molecule has 0 spiro atoms. The van der Waals surface area contributed by atoms with Crippen LogP contribution in [0.4, 0.5) is 10.5 Å². The molecule has 6 nitrogen and oxygen atoms in total. The van der Waals surface area contributed by atoms with Crippen LogP contribution in [0.5, 0.6) is 0 Å². The molecule has 6 heteroatoms. The molecule has 4 aromatic rings. The molecule has 1 aromatic heterocycles. The van der Waals surface area contributed by atoms with Crippen LogP contribution >= 0.6 is 0 Å². The first-order valence-electron chi connectivity index (χ1n) is 12.3. The fourth-order valence-electron chi connectivity index (χ4n) is 5.77. The number of rotatable bonds is 4. The van der Waals surface area contributed by atoms with Crippen LogP contribution in [0.25, 0.3) is 10.9 Å². The average molecular weight is 478 g/mol. The molecule has 1 fully saturated rings. The minimum Gasteiger partial charge on any atom is -0.356 e. The Hall–Kier alpha value is -4.19. The lowest BCUT2D eigenvalue weighted by Crippen LogP contribution is -2.50. The molecule has 2 atom stereocenters. The maximum absolute atomic E-state index is 14.1. The highest BCUT2D eigenvalue weighted by Gasteiger charge is 2.60. The summed E-state index contributed by atoms with van der Waals surface area (Å²) in [7, 11) is 0. The highest BCUT2D eigenvalue weighted by Crippen LogP contribution is 2.50. The zero-order chi connectivity index (χ0) is 25.2. The van der Waals surface area contributed by atoms with Gasteiger partial charge in [0.1, 0.15) is 0 Å². The summed E-state index contributed by atoms with van der Waals surface area (Å²) >= 11 is 0. The average Bonchev–Trinajstić information content (AvgIpc) is 3.38. The molecule has 180 valence electrons. The Morgan fingerprint density at radius 1 is 1.03 bits per heavy atom. The first-order chi connectivity index (χ1) is 17.3. The first kappa shape index (κ1) is 22.3. The van der Waals surface area contributed by atoms with E-state index < -0.39 is 5.54 Å². The van der Waals surface area contributed by atoms with E-state index >= 15 is 0 Å². The molecule has 0 radical (unpaired) electrons.